The Morgan fingerprint density at radius 1 is 1.52 bits per heavy atom. The normalized spacial score (nSPS) is 20.2. The van der Waals surface area contributed by atoms with E-state index in [0.29, 0.717) is 24.0 Å². The van der Waals surface area contributed by atoms with Gasteiger partial charge in [0.05, 0.1) is 22.6 Å². The fourth-order valence-electron chi connectivity index (χ4n) is 3.07. The molecule has 0 spiro atoms. The number of thiophene rings is 1. The van der Waals surface area contributed by atoms with Crippen molar-refractivity contribution >= 4 is 28.8 Å². The molecule has 1 aliphatic heterocycles. The molecule has 0 aromatic carbocycles. The largest absolute Gasteiger partial charge is 0.337 e. The zero-order chi connectivity index (χ0) is 16.6. The molecule has 0 bridgehead atoms. The molecule has 23 heavy (non-hydrogen) atoms. The van der Waals surface area contributed by atoms with Gasteiger partial charge in [-0.15, -0.1) is 11.3 Å². The zero-order valence-electron chi connectivity index (χ0n) is 13.3. The van der Waals surface area contributed by atoms with Gasteiger partial charge in [-0.3, -0.25) is 9.48 Å². The fraction of sp³-hybridized carbons (Fsp3) is 0.500. The molecule has 3 rings (SSSR count). The third kappa shape index (κ3) is 3.44. The van der Waals surface area contributed by atoms with E-state index in [1.165, 1.54) is 11.3 Å². The highest BCUT2D eigenvalue weighted by Gasteiger charge is 2.40. The van der Waals surface area contributed by atoms with E-state index in [1.54, 1.807) is 17.1 Å². The first-order valence-electron chi connectivity index (χ1n) is 7.65. The molecule has 2 aromatic heterocycles. The molecule has 0 aliphatic carbocycles. The van der Waals surface area contributed by atoms with E-state index in [9.17, 15) is 4.79 Å². The van der Waals surface area contributed by atoms with Crippen molar-refractivity contribution in [2.75, 3.05) is 19.6 Å². The van der Waals surface area contributed by atoms with E-state index in [2.05, 4.69) is 18.9 Å². The van der Waals surface area contributed by atoms with E-state index in [-0.39, 0.29) is 11.3 Å². The van der Waals surface area contributed by atoms with Crippen LogP contribution in [0.15, 0.2) is 24.5 Å². The number of likely N-dealkylation sites (tertiary alicyclic amines) is 1. The molecule has 2 aromatic rings. The molecule has 1 amide bonds. The number of hydrogen-bond donors (Lipinski definition) is 1. The summed E-state index contributed by atoms with van der Waals surface area (Å²) in [7, 11) is 0. The summed E-state index contributed by atoms with van der Waals surface area (Å²) < 4.78 is 1.77. The molecule has 1 atom stereocenters. The van der Waals surface area contributed by atoms with Gasteiger partial charge in [-0.25, -0.2) is 0 Å². The predicted molar refractivity (Wildman–Crippen MR) is 92.9 cm³/mol. The molecule has 124 valence electrons. The third-order valence-electron chi connectivity index (χ3n) is 4.51. The lowest BCUT2D eigenvalue weighted by atomic mass is 9.82. The minimum Gasteiger partial charge on any atom is -0.337 e. The number of nitrogens with two attached hydrogens (primary N) is 1. The molecule has 3 heterocycles. The van der Waals surface area contributed by atoms with Crippen LogP contribution in [0.1, 0.15) is 28.4 Å². The van der Waals surface area contributed by atoms with E-state index >= 15 is 0 Å². The molecule has 5 nitrogen and oxygen atoms in total. The molecule has 1 aliphatic rings. The van der Waals surface area contributed by atoms with E-state index < -0.39 is 0 Å². The monoisotopic (exact) mass is 352 g/mol. The lowest BCUT2D eigenvalue weighted by Gasteiger charge is -2.23. The summed E-state index contributed by atoms with van der Waals surface area (Å²) in [5, 5.41) is 4.78. The SMILES string of the molecule is CC1(C)CN(C(=O)c2ccc(Cn3cc(Cl)cn3)s2)CC1CN. The van der Waals surface area contributed by atoms with E-state index in [1.807, 2.05) is 17.0 Å². The number of nitrogens with zero attached hydrogens (tertiary/aromatic N) is 3. The fourth-order valence-corrected chi connectivity index (χ4v) is 4.19. The Hall–Kier alpha value is -1.37. The second-order valence-electron chi connectivity index (χ2n) is 6.73. The lowest BCUT2D eigenvalue weighted by molar-refractivity contribution is 0.0782. The number of hydrogen-bond acceptors (Lipinski definition) is 4. The summed E-state index contributed by atoms with van der Waals surface area (Å²) in [6.45, 7) is 7.10. The van der Waals surface area contributed by atoms with Crippen molar-refractivity contribution in [1.29, 1.82) is 0 Å². The first-order chi connectivity index (χ1) is 10.9. The van der Waals surface area contributed by atoms with E-state index in [0.717, 1.165) is 22.8 Å². The van der Waals surface area contributed by atoms with Crippen LogP contribution in [0.2, 0.25) is 5.02 Å². The first-order valence-corrected chi connectivity index (χ1v) is 8.84. The molecule has 2 N–H and O–H groups in total. The summed E-state index contributed by atoms with van der Waals surface area (Å²) in [6.07, 6.45) is 3.39. The molecule has 1 fully saturated rings. The molecule has 1 saturated heterocycles. The Bertz CT molecular complexity index is 709. The van der Waals surface area contributed by atoms with Gasteiger partial charge in [0.25, 0.3) is 5.91 Å². The summed E-state index contributed by atoms with van der Waals surface area (Å²) in [5.74, 6) is 0.459. The number of halogens is 1. The lowest BCUT2D eigenvalue weighted by Crippen LogP contribution is -2.29. The molecule has 0 radical (unpaired) electrons. The van der Waals surface area contributed by atoms with Crippen molar-refractivity contribution < 1.29 is 4.79 Å². The summed E-state index contributed by atoms with van der Waals surface area (Å²) in [6, 6.07) is 3.88. The van der Waals surface area contributed by atoms with Crippen LogP contribution in [0.25, 0.3) is 0 Å². The maximum atomic E-state index is 12.7. The highest BCUT2D eigenvalue weighted by atomic mass is 35.5. The van der Waals surface area contributed by atoms with Gasteiger partial charge in [-0.1, -0.05) is 25.4 Å². The Balaban J connectivity index is 1.69. The van der Waals surface area contributed by atoms with Gasteiger partial charge in [0, 0.05) is 24.2 Å². The number of carbonyl (C=O) groups is 1. The van der Waals surface area contributed by atoms with Crippen LogP contribution in [0.4, 0.5) is 0 Å². The number of aromatic nitrogens is 2. The maximum Gasteiger partial charge on any atom is 0.263 e. The van der Waals surface area contributed by atoms with Crippen LogP contribution >= 0.6 is 22.9 Å². The molecule has 0 saturated carbocycles. The minimum absolute atomic E-state index is 0.0797. The third-order valence-corrected chi connectivity index (χ3v) is 5.76. The first kappa shape index (κ1) is 16.5. The Morgan fingerprint density at radius 3 is 2.91 bits per heavy atom. The highest BCUT2D eigenvalue weighted by Crippen LogP contribution is 2.35. The molecular weight excluding hydrogens is 332 g/mol. The van der Waals surface area contributed by atoms with Crippen molar-refractivity contribution in [3.05, 3.63) is 39.3 Å². The van der Waals surface area contributed by atoms with Crippen LogP contribution in [0.5, 0.6) is 0 Å². The van der Waals surface area contributed by atoms with Gasteiger partial charge >= 0.3 is 0 Å². The van der Waals surface area contributed by atoms with Crippen molar-refractivity contribution in [2.45, 2.75) is 20.4 Å². The van der Waals surface area contributed by atoms with Crippen molar-refractivity contribution in [2.24, 2.45) is 17.1 Å². The highest BCUT2D eigenvalue weighted by molar-refractivity contribution is 7.14. The quantitative estimate of drug-likeness (QED) is 0.920. The second-order valence-corrected chi connectivity index (χ2v) is 8.33. The average molecular weight is 353 g/mol. The van der Waals surface area contributed by atoms with Crippen LogP contribution in [0.3, 0.4) is 0 Å². The van der Waals surface area contributed by atoms with Crippen LogP contribution in [0, 0.1) is 11.3 Å². The number of rotatable bonds is 4. The topological polar surface area (TPSA) is 64.2 Å². The Morgan fingerprint density at radius 2 is 2.30 bits per heavy atom. The summed E-state index contributed by atoms with van der Waals surface area (Å²) in [4.78, 5) is 16.5. The van der Waals surface area contributed by atoms with Gasteiger partial charge in [0.2, 0.25) is 0 Å². The Labute approximate surface area is 145 Å². The maximum absolute atomic E-state index is 12.7. The summed E-state index contributed by atoms with van der Waals surface area (Å²) >= 11 is 7.39. The van der Waals surface area contributed by atoms with Crippen LogP contribution in [-0.4, -0.2) is 40.2 Å². The molecular formula is C16H21ClN4OS. The van der Waals surface area contributed by atoms with Gasteiger partial charge in [-0.2, -0.15) is 5.10 Å². The zero-order valence-corrected chi connectivity index (χ0v) is 14.9. The number of carbonyl (C=O) groups excluding carboxylic acids is 1. The second kappa shape index (κ2) is 6.26. The van der Waals surface area contributed by atoms with Gasteiger partial charge in [-0.05, 0) is 30.0 Å². The van der Waals surface area contributed by atoms with Crippen molar-refractivity contribution in [3.63, 3.8) is 0 Å². The predicted octanol–water partition coefficient (Wildman–Crippen LogP) is 2.70. The number of amides is 1. The summed E-state index contributed by atoms with van der Waals surface area (Å²) in [5.41, 5.74) is 5.93. The molecule has 1 unspecified atom stereocenters. The average Bonchev–Trinajstić information content (AvgIpc) is 3.18. The van der Waals surface area contributed by atoms with Crippen LogP contribution < -0.4 is 5.73 Å². The van der Waals surface area contributed by atoms with E-state index in [4.69, 9.17) is 17.3 Å². The van der Waals surface area contributed by atoms with Crippen molar-refractivity contribution in [1.82, 2.24) is 14.7 Å². The van der Waals surface area contributed by atoms with Gasteiger partial charge in [0.15, 0.2) is 0 Å². The standard InChI is InChI=1S/C16H21ClN4OS/c1-16(2)10-20(7-11(16)5-18)15(22)14-4-3-13(23-14)9-21-8-12(17)6-19-21/h3-4,6,8,11H,5,7,9-10,18H2,1-2H3. The Kier molecular flexibility index (Phi) is 4.49. The van der Waals surface area contributed by atoms with Gasteiger partial charge in [0.1, 0.15) is 0 Å². The van der Waals surface area contributed by atoms with Crippen LogP contribution in [-0.2, 0) is 6.54 Å². The van der Waals surface area contributed by atoms with Gasteiger partial charge < -0.3 is 10.6 Å². The van der Waals surface area contributed by atoms with Crippen molar-refractivity contribution in [3.8, 4) is 0 Å². The smallest absolute Gasteiger partial charge is 0.263 e. The minimum atomic E-state index is 0.0797. The molecule has 7 heteroatoms.